The van der Waals surface area contributed by atoms with Crippen molar-refractivity contribution in [2.45, 2.75) is 155 Å². The predicted molar refractivity (Wildman–Crippen MR) is 146 cm³/mol. The molecule has 0 aromatic carbocycles. The second kappa shape index (κ2) is 20.1. The molecule has 0 aromatic heterocycles. The van der Waals surface area contributed by atoms with Crippen LogP contribution in [0.1, 0.15) is 149 Å². The van der Waals surface area contributed by atoms with Gasteiger partial charge in [0.25, 0.3) is 0 Å². The molecule has 0 heterocycles. The average molecular weight is 477 g/mol. The molecular weight excluding hydrogens is 420 g/mol. The minimum absolute atomic E-state index is 0.246. The van der Waals surface area contributed by atoms with Gasteiger partial charge in [-0.05, 0) is 31.3 Å². The number of unbranched alkanes of at least 4 members (excludes halogenated alkanes) is 14. The molecule has 0 spiro atoms. The van der Waals surface area contributed by atoms with Gasteiger partial charge in [-0.2, -0.15) is 0 Å². The topological polar surface area (TPSA) is 46.5 Å². The molecule has 0 aliphatic heterocycles. The Labute approximate surface area is 211 Å². The van der Waals surface area contributed by atoms with Gasteiger partial charge in [0.1, 0.15) is 0 Å². The first kappa shape index (κ1) is 30.9. The van der Waals surface area contributed by atoms with E-state index in [1.54, 1.807) is 6.08 Å². The zero-order valence-corrected chi connectivity index (χ0v) is 22.9. The van der Waals surface area contributed by atoms with Gasteiger partial charge in [0, 0.05) is 0 Å². The monoisotopic (exact) mass is 476 g/mol. The highest BCUT2D eigenvalue weighted by Gasteiger charge is 2.26. The molecule has 0 radical (unpaired) electrons. The maximum atomic E-state index is 12.4. The molecule has 1 aliphatic carbocycles. The lowest BCUT2D eigenvalue weighted by molar-refractivity contribution is -0.140. The van der Waals surface area contributed by atoms with Crippen LogP contribution in [0, 0.1) is 5.92 Å². The van der Waals surface area contributed by atoms with Crippen LogP contribution < -0.4 is 0 Å². The van der Waals surface area contributed by atoms with E-state index in [-0.39, 0.29) is 5.97 Å². The summed E-state index contributed by atoms with van der Waals surface area (Å²) >= 11 is 0. The van der Waals surface area contributed by atoms with Crippen LogP contribution in [0.5, 0.6) is 0 Å². The minimum atomic E-state index is -0.798. The zero-order valence-electron chi connectivity index (χ0n) is 22.9. The van der Waals surface area contributed by atoms with Crippen LogP contribution in [0.4, 0.5) is 0 Å². The molecule has 0 fully saturated rings. The maximum Gasteiger partial charge on any atom is 0.337 e. The van der Waals surface area contributed by atoms with E-state index in [0.717, 1.165) is 25.7 Å². The Kier molecular flexibility index (Phi) is 18.3. The van der Waals surface area contributed by atoms with Crippen molar-refractivity contribution < 1.29 is 14.6 Å². The number of rotatable bonds is 22. The second-order valence-corrected chi connectivity index (χ2v) is 10.7. The van der Waals surface area contributed by atoms with Crippen molar-refractivity contribution in [2.24, 2.45) is 5.92 Å². The molecule has 1 rings (SSSR count). The summed E-state index contributed by atoms with van der Waals surface area (Å²) in [6.07, 6.45) is 30.0. The van der Waals surface area contributed by atoms with Gasteiger partial charge in [-0.15, -0.1) is 0 Å². The van der Waals surface area contributed by atoms with Gasteiger partial charge in [0.15, 0.2) is 0 Å². The van der Waals surface area contributed by atoms with Crippen LogP contribution in [0.2, 0.25) is 0 Å². The third kappa shape index (κ3) is 15.0. The van der Waals surface area contributed by atoms with E-state index >= 15 is 0 Å². The van der Waals surface area contributed by atoms with Gasteiger partial charge in [-0.25, -0.2) is 4.79 Å². The molecule has 3 heteroatoms. The van der Waals surface area contributed by atoms with E-state index in [0.29, 0.717) is 24.5 Å². The van der Waals surface area contributed by atoms with E-state index in [1.807, 2.05) is 12.2 Å². The first-order valence-electron chi connectivity index (χ1n) is 14.8. The lowest BCUT2D eigenvalue weighted by Crippen LogP contribution is -2.28. The lowest BCUT2D eigenvalue weighted by atomic mass is 9.87. The largest absolute Gasteiger partial charge is 0.462 e. The van der Waals surface area contributed by atoms with Crippen molar-refractivity contribution in [1.29, 1.82) is 0 Å². The second-order valence-electron chi connectivity index (χ2n) is 10.7. The molecule has 0 saturated carbocycles. The molecule has 1 aliphatic rings. The first-order chi connectivity index (χ1) is 16.5. The van der Waals surface area contributed by atoms with E-state index in [4.69, 9.17) is 4.74 Å². The van der Waals surface area contributed by atoms with Crippen molar-refractivity contribution in [3.05, 3.63) is 23.8 Å². The summed E-state index contributed by atoms with van der Waals surface area (Å²) in [7, 11) is 0. The van der Waals surface area contributed by atoms with Crippen LogP contribution >= 0.6 is 0 Å². The highest BCUT2D eigenvalue weighted by Crippen LogP contribution is 2.27. The number of aliphatic hydroxyl groups is 1. The van der Waals surface area contributed by atoms with Gasteiger partial charge in [-0.3, -0.25) is 0 Å². The molecule has 198 valence electrons. The Hall–Kier alpha value is -1.09. The number of hydrogen-bond donors (Lipinski definition) is 1. The molecule has 0 aromatic rings. The quantitative estimate of drug-likeness (QED) is 0.125. The molecule has 0 amide bonds. The Morgan fingerprint density at radius 3 is 1.85 bits per heavy atom. The van der Waals surface area contributed by atoms with Gasteiger partial charge < -0.3 is 9.84 Å². The number of ether oxygens (including phenoxy) is 1. The summed E-state index contributed by atoms with van der Waals surface area (Å²) in [5.74, 6) is 0.207. The van der Waals surface area contributed by atoms with Gasteiger partial charge in [0.2, 0.25) is 0 Å². The third-order valence-electron chi connectivity index (χ3n) is 7.44. The van der Waals surface area contributed by atoms with Crippen molar-refractivity contribution in [2.75, 3.05) is 6.61 Å². The average Bonchev–Trinajstić information content (AvgIpc) is 2.84. The Morgan fingerprint density at radius 2 is 1.38 bits per heavy atom. The standard InChI is InChI=1S/C31H56O3/c1-4-7-9-10-11-12-13-14-15-16-17-18-19-20-24-31(33)25-22-29(23-26-31)30(32)34-27-28(6-3)21-8-5-2/h22-23,25,28,33H,4-21,24,26-27H2,1-3H3. The zero-order chi connectivity index (χ0) is 24.9. The van der Waals surface area contributed by atoms with Crippen LogP contribution in [-0.4, -0.2) is 23.3 Å². The molecule has 3 nitrogen and oxygen atoms in total. The number of esters is 1. The first-order valence-corrected chi connectivity index (χ1v) is 14.8. The molecule has 2 unspecified atom stereocenters. The smallest absolute Gasteiger partial charge is 0.337 e. The molecule has 2 atom stereocenters. The fourth-order valence-corrected chi connectivity index (χ4v) is 4.81. The fourth-order valence-electron chi connectivity index (χ4n) is 4.81. The summed E-state index contributed by atoms with van der Waals surface area (Å²) in [5, 5.41) is 10.8. The minimum Gasteiger partial charge on any atom is -0.462 e. The van der Waals surface area contributed by atoms with E-state index in [1.165, 1.54) is 96.3 Å². The summed E-state index contributed by atoms with van der Waals surface area (Å²) in [6, 6.07) is 0. The summed E-state index contributed by atoms with van der Waals surface area (Å²) in [6.45, 7) is 7.13. The normalized spacial score (nSPS) is 18.6. The fraction of sp³-hybridized carbons (Fsp3) is 0.839. The summed E-state index contributed by atoms with van der Waals surface area (Å²) in [4.78, 5) is 12.4. The molecule has 1 N–H and O–H groups in total. The number of carbonyl (C=O) groups excluding carboxylic acids is 1. The lowest BCUT2D eigenvalue weighted by Gasteiger charge is -2.26. The molecule has 0 saturated heterocycles. The van der Waals surface area contributed by atoms with Crippen molar-refractivity contribution in [1.82, 2.24) is 0 Å². The van der Waals surface area contributed by atoms with Crippen LogP contribution in [0.25, 0.3) is 0 Å². The molecule has 34 heavy (non-hydrogen) atoms. The summed E-state index contributed by atoms with van der Waals surface area (Å²) < 4.78 is 5.55. The van der Waals surface area contributed by atoms with Gasteiger partial charge >= 0.3 is 5.97 Å². The van der Waals surface area contributed by atoms with Crippen molar-refractivity contribution in [3.8, 4) is 0 Å². The van der Waals surface area contributed by atoms with Crippen molar-refractivity contribution >= 4 is 5.97 Å². The van der Waals surface area contributed by atoms with Gasteiger partial charge in [-0.1, -0.05) is 142 Å². The molecular formula is C31H56O3. The molecule has 0 bridgehead atoms. The predicted octanol–water partition coefficient (Wildman–Crippen LogP) is 9.23. The number of carbonyl (C=O) groups is 1. The van der Waals surface area contributed by atoms with E-state index < -0.39 is 5.60 Å². The van der Waals surface area contributed by atoms with Crippen LogP contribution in [-0.2, 0) is 9.53 Å². The van der Waals surface area contributed by atoms with Gasteiger partial charge in [0.05, 0.1) is 17.8 Å². The number of hydrogen-bond acceptors (Lipinski definition) is 3. The van der Waals surface area contributed by atoms with E-state index in [9.17, 15) is 9.90 Å². The summed E-state index contributed by atoms with van der Waals surface area (Å²) in [5.41, 5.74) is -0.204. The maximum absolute atomic E-state index is 12.4. The van der Waals surface area contributed by atoms with Crippen LogP contribution in [0.3, 0.4) is 0 Å². The third-order valence-corrected chi connectivity index (χ3v) is 7.44. The SMILES string of the molecule is CCCCCCCCCCCCCCCCC1(O)C=CC(C(=O)OCC(CC)CCCC)=CC1. The highest BCUT2D eigenvalue weighted by molar-refractivity contribution is 5.91. The Bertz CT molecular complexity index is 565. The Morgan fingerprint density at radius 1 is 0.853 bits per heavy atom. The van der Waals surface area contributed by atoms with Crippen LogP contribution in [0.15, 0.2) is 23.8 Å². The van der Waals surface area contributed by atoms with E-state index in [2.05, 4.69) is 20.8 Å². The van der Waals surface area contributed by atoms with Crippen molar-refractivity contribution in [3.63, 3.8) is 0 Å². The Balaban J connectivity index is 2.06. The highest BCUT2D eigenvalue weighted by atomic mass is 16.5.